The molecule has 1 aliphatic heterocycles. The fourth-order valence-electron chi connectivity index (χ4n) is 2.71. The molecular weight excluding hydrogens is 334 g/mol. The highest BCUT2D eigenvalue weighted by atomic mass is 16.5. The molecule has 1 aromatic heterocycles. The van der Waals surface area contributed by atoms with Crippen LogP contribution in [0.15, 0.2) is 35.6 Å². The predicted molar refractivity (Wildman–Crippen MR) is 96.5 cm³/mol. The van der Waals surface area contributed by atoms with Gasteiger partial charge in [-0.15, -0.1) is 0 Å². The Morgan fingerprint density at radius 2 is 2.27 bits per heavy atom. The minimum Gasteiger partial charge on any atom is -0.507 e. The summed E-state index contributed by atoms with van der Waals surface area (Å²) in [7, 11) is 1.47. The SMILES string of the molecule is [C-]#[N+]c1ccc(O)c(C(=O)NC2=NCCCN2)c1-c1ccncc1OC. The number of pyridine rings is 1. The Morgan fingerprint density at radius 3 is 2.96 bits per heavy atom. The van der Waals surface area contributed by atoms with Crippen LogP contribution in [-0.4, -0.2) is 42.2 Å². The number of aromatic nitrogens is 1. The van der Waals surface area contributed by atoms with E-state index in [-0.39, 0.29) is 22.6 Å². The maximum absolute atomic E-state index is 12.8. The minimum absolute atomic E-state index is 0.0157. The number of rotatable bonds is 3. The molecule has 132 valence electrons. The summed E-state index contributed by atoms with van der Waals surface area (Å²) in [6, 6.07) is 4.43. The van der Waals surface area contributed by atoms with Gasteiger partial charge in [0.05, 0.1) is 25.4 Å². The number of phenols is 1. The molecule has 3 N–H and O–H groups in total. The second-order valence-corrected chi connectivity index (χ2v) is 5.51. The lowest BCUT2D eigenvalue weighted by Crippen LogP contribution is -2.43. The molecule has 1 amide bonds. The Labute approximate surface area is 150 Å². The number of phenolic OH excluding ortho intramolecular Hbond substituents is 1. The lowest BCUT2D eigenvalue weighted by Gasteiger charge is -2.18. The topological polar surface area (TPSA) is 100 Å². The van der Waals surface area contributed by atoms with Gasteiger partial charge in [0.25, 0.3) is 5.91 Å². The van der Waals surface area contributed by atoms with Crippen LogP contribution in [0, 0.1) is 6.57 Å². The lowest BCUT2D eigenvalue weighted by molar-refractivity contribution is 0.0973. The van der Waals surface area contributed by atoms with Crippen molar-refractivity contribution in [1.29, 1.82) is 0 Å². The van der Waals surface area contributed by atoms with Crippen molar-refractivity contribution in [3.05, 3.63) is 47.6 Å². The number of nitrogens with one attached hydrogen (secondary N) is 2. The number of aliphatic imine (C=N–C) groups is 1. The summed E-state index contributed by atoms with van der Waals surface area (Å²) in [6.07, 6.45) is 3.91. The molecule has 0 saturated heterocycles. The predicted octanol–water partition coefficient (Wildman–Crippen LogP) is 2.09. The third kappa shape index (κ3) is 3.28. The Balaban J connectivity index is 2.14. The van der Waals surface area contributed by atoms with Crippen LogP contribution < -0.4 is 15.4 Å². The summed E-state index contributed by atoms with van der Waals surface area (Å²) in [4.78, 5) is 24.5. The van der Waals surface area contributed by atoms with Gasteiger partial charge in [0.15, 0.2) is 11.6 Å². The molecule has 0 unspecified atom stereocenters. The second-order valence-electron chi connectivity index (χ2n) is 5.51. The highest BCUT2D eigenvalue weighted by molar-refractivity contribution is 6.13. The molecule has 0 atom stereocenters. The van der Waals surface area contributed by atoms with Gasteiger partial charge in [0.2, 0.25) is 0 Å². The van der Waals surface area contributed by atoms with Gasteiger partial charge in [0, 0.05) is 30.4 Å². The van der Waals surface area contributed by atoms with E-state index in [2.05, 4.69) is 25.5 Å². The number of hydrogen-bond acceptors (Lipinski definition) is 6. The molecule has 3 rings (SSSR count). The van der Waals surface area contributed by atoms with E-state index in [1.54, 1.807) is 6.07 Å². The maximum Gasteiger partial charge on any atom is 0.261 e. The smallest absolute Gasteiger partial charge is 0.261 e. The number of amides is 1. The standard InChI is InChI=1S/C18H17N5O3/c1-19-12-4-5-13(24)16(17(25)23-18-21-7-3-8-22-18)15(12)11-6-9-20-10-14(11)26-2/h4-6,9-10,24H,3,7-8H2,2H3,(H2,21,22,23,25). The minimum atomic E-state index is -0.560. The molecule has 0 radical (unpaired) electrons. The number of hydrogen-bond donors (Lipinski definition) is 3. The molecular formula is C18H17N5O3. The van der Waals surface area contributed by atoms with Gasteiger partial charge >= 0.3 is 0 Å². The Bertz CT molecular complexity index is 918. The monoisotopic (exact) mass is 351 g/mol. The first-order valence-electron chi connectivity index (χ1n) is 7.97. The highest BCUT2D eigenvalue weighted by Crippen LogP contribution is 2.42. The van der Waals surface area contributed by atoms with Gasteiger partial charge in [-0.2, -0.15) is 0 Å². The first-order chi connectivity index (χ1) is 12.7. The fraction of sp³-hybridized carbons (Fsp3) is 0.222. The van der Waals surface area contributed by atoms with Crippen LogP contribution in [0.4, 0.5) is 5.69 Å². The number of ether oxygens (including phenoxy) is 1. The van der Waals surface area contributed by atoms with Crippen LogP contribution in [0.1, 0.15) is 16.8 Å². The molecule has 2 heterocycles. The normalized spacial score (nSPS) is 13.2. The van der Waals surface area contributed by atoms with Crippen molar-refractivity contribution in [2.45, 2.75) is 6.42 Å². The van der Waals surface area contributed by atoms with Crippen LogP contribution in [-0.2, 0) is 0 Å². The molecule has 1 aliphatic rings. The fourth-order valence-corrected chi connectivity index (χ4v) is 2.71. The third-order valence-electron chi connectivity index (χ3n) is 3.91. The van der Waals surface area contributed by atoms with Gasteiger partial charge in [-0.05, 0) is 18.6 Å². The third-order valence-corrected chi connectivity index (χ3v) is 3.91. The molecule has 0 bridgehead atoms. The van der Waals surface area contributed by atoms with E-state index in [1.165, 1.54) is 31.6 Å². The molecule has 8 nitrogen and oxygen atoms in total. The van der Waals surface area contributed by atoms with Crippen molar-refractivity contribution in [1.82, 2.24) is 15.6 Å². The van der Waals surface area contributed by atoms with E-state index in [4.69, 9.17) is 11.3 Å². The molecule has 0 spiro atoms. The van der Waals surface area contributed by atoms with Crippen molar-refractivity contribution >= 4 is 17.6 Å². The van der Waals surface area contributed by atoms with Crippen LogP contribution in [0.25, 0.3) is 16.0 Å². The lowest BCUT2D eigenvalue weighted by atomic mass is 9.96. The summed E-state index contributed by atoms with van der Waals surface area (Å²) in [5.41, 5.74) is 0.982. The average Bonchev–Trinajstić information content (AvgIpc) is 2.68. The Kier molecular flexibility index (Phi) is 4.99. The summed E-state index contributed by atoms with van der Waals surface area (Å²) in [5, 5.41) is 16.0. The molecule has 8 heteroatoms. The van der Waals surface area contributed by atoms with Crippen LogP contribution in [0.5, 0.6) is 11.5 Å². The molecule has 0 aliphatic carbocycles. The molecule has 1 aromatic carbocycles. The van der Waals surface area contributed by atoms with Crippen molar-refractivity contribution in [3.63, 3.8) is 0 Å². The van der Waals surface area contributed by atoms with E-state index < -0.39 is 5.91 Å². The van der Waals surface area contributed by atoms with E-state index in [0.29, 0.717) is 30.4 Å². The van der Waals surface area contributed by atoms with Crippen molar-refractivity contribution in [2.24, 2.45) is 4.99 Å². The average molecular weight is 351 g/mol. The summed E-state index contributed by atoms with van der Waals surface area (Å²) >= 11 is 0. The van der Waals surface area contributed by atoms with E-state index >= 15 is 0 Å². The number of guanidine groups is 1. The van der Waals surface area contributed by atoms with Gasteiger partial charge in [-0.3, -0.25) is 20.1 Å². The number of methoxy groups -OCH3 is 1. The summed E-state index contributed by atoms with van der Waals surface area (Å²) in [5.74, 6) is -0.0538. The molecule has 26 heavy (non-hydrogen) atoms. The first kappa shape index (κ1) is 17.2. The summed E-state index contributed by atoms with van der Waals surface area (Å²) < 4.78 is 5.31. The molecule has 0 saturated carbocycles. The van der Waals surface area contributed by atoms with Gasteiger partial charge in [-0.1, -0.05) is 6.07 Å². The first-order valence-corrected chi connectivity index (χ1v) is 7.97. The number of carbonyl (C=O) groups excluding carboxylic acids is 1. The number of aromatic hydroxyl groups is 1. The zero-order chi connectivity index (χ0) is 18.5. The molecule has 0 fully saturated rings. The van der Waals surface area contributed by atoms with E-state index in [0.717, 1.165) is 6.42 Å². The van der Waals surface area contributed by atoms with E-state index in [9.17, 15) is 9.90 Å². The highest BCUT2D eigenvalue weighted by Gasteiger charge is 2.24. The maximum atomic E-state index is 12.8. The van der Waals surface area contributed by atoms with Crippen molar-refractivity contribution in [3.8, 4) is 22.6 Å². The second kappa shape index (κ2) is 7.53. The van der Waals surface area contributed by atoms with Crippen molar-refractivity contribution < 1.29 is 14.6 Å². The molecule has 2 aromatic rings. The zero-order valence-corrected chi connectivity index (χ0v) is 14.1. The Morgan fingerprint density at radius 1 is 1.42 bits per heavy atom. The van der Waals surface area contributed by atoms with Crippen molar-refractivity contribution in [2.75, 3.05) is 20.2 Å². The van der Waals surface area contributed by atoms with E-state index in [1.807, 2.05) is 0 Å². The van der Waals surface area contributed by atoms with Gasteiger partial charge in [-0.25, -0.2) is 4.85 Å². The number of carbonyl (C=O) groups is 1. The Hall–Kier alpha value is -3.60. The quantitative estimate of drug-likeness (QED) is 0.735. The van der Waals surface area contributed by atoms with Crippen LogP contribution >= 0.6 is 0 Å². The van der Waals surface area contributed by atoms with Crippen LogP contribution in [0.2, 0.25) is 0 Å². The van der Waals surface area contributed by atoms with Gasteiger partial charge in [0.1, 0.15) is 11.5 Å². The van der Waals surface area contributed by atoms with Crippen LogP contribution in [0.3, 0.4) is 0 Å². The number of benzene rings is 1. The largest absolute Gasteiger partial charge is 0.507 e. The van der Waals surface area contributed by atoms with Gasteiger partial charge < -0.3 is 15.2 Å². The summed E-state index contributed by atoms with van der Waals surface area (Å²) in [6.45, 7) is 8.76. The number of nitrogens with zero attached hydrogens (tertiary/aromatic N) is 3. The zero-order valence-electron chi connectivity index (χ0n) is 14.1.